The maximum atomic E-state index is 11.8. The van der Waals surface area contributed by atoms with E-state index >= 15 is 0 Å². The van der Waals surface area contributed by atoms with Crippen LogP contribution in [0.2, 0.25) is 0 Å². The van der Waals surface area contributed by atoms with Gasteiger partial charge in [0.1, 0.15) is 13.2 Å². The standard InChI is InChI=1S/C12H20F2N2O5/c13-10(14)7-20-6-3-15-12(19)16-4-1-9(2-5-16)21-8-11(17)18/h9-10H,1-8H2,(H,15,19)(H,17,18). The molecule has 7 nitrogen and oxygen atoms in total. The maximum absolute atomic E-state index is 11.8. The van der Waals surface area contributed by atoms with Crippen molar-refractivity contribution in [1.82, 2.24) is 10.2 Å². The van der Waals surface area contributed by atoms with E-state index in [1.807, 2.05) is 0 Å². The van der Waals surface area contributed by atoms with Crippen molar-refractivity contribution in [3.05, 3.63) is 0 Å². The second kappa shape index (κ2) is 9.46. The number of ether oxygens (including phenoxy) is 2. The molecule has 0 aliphatic carbocycles. The van der Waals surface area contributed by atoms with Gasteiger partial charge >= 0.3 is 12.0 Å². The third-order valence-corrected chi connectivity index (χ3v) is 2.94. The Hall–Kier alpha value is -1.48. The molecule has 0 aromatic rings. The summed E-state index contributed by atoms with van der Waals surface area (Å²) in [5.74, 6) is -1.01. The second-order valence-electron chi connectivity index (χ2n) is 4.59. The molecule has 1 heterocycles. The summed E-state index contributed by atoms with van der Waals surface area (Å²) >= 11 is 0. The molecule has 2 amide bonds. The highest BCUT2D eigenvalue weighted by Crippen LogP contribution is 2.13. The summed E-state index contributed by atoms with van der Waals surface area (Å²) in [7, 11) is 0. The summed E-state index contributed by atoms with van der Waals surface area (Å²) < 4.78 is 33.4. The number of likely N-dealkylation sites (tertiary alicyclic amines) is 1. The summed E-state index contributed by atoms with van der Waals surface area (Å²) in [6.45, 7) is 0.164. The van der Waals surface area contributed by atoms with E-state index in [9.17, 15) is 18.4 Å². The van der Waals surface area contributed by atoms with E-state index in [1.165, 1.54) is 0 Å². The molecule has 0 saturated carbocycles. The van der Waals surface area contributed by atoms with E-state index in [0.29, 0.717) is 25.9 Å². The van der Waals surface area contributed by atoms with Crippen LogP contribution in [0.3, 0.4) is 0 Å². The number of halogens is 2. The van der Waals surface area contributed by atoms with Gasteiger partial charge in [-0.05, 0) is 12.8 Å². The lowest BCUT2D eigenvalue weighted by molar-refractivity contribution is -0.145. The topological polar surface area (TPSA) is 88.1 Å². The fraction of sp³-hybridized carbons (Fsp3) is 0.833. The molecule has 0 aromatic carbocycles. The molecule has 2 N–H and O–H groups in total. The van der Waals surface area contributed by atoms with Crippen molar-refractivity contribution in [2.24, 2.45) is 0 Å². The summed E-state index contributed by atoms with van der Waals surface area (Å²) in [5.41, 5.74) is 0. The first-order chi connectivity index (χ1) is 9.99. The molecule has 0 spiro atoms. The number of hydrogen-bond donors (Lipinski definition) is 2. The number of amides is 2. The predicted octanol–water partition coefficient (Wildman–Crippen LogP) is 0.543. The lowest BCUT2D eigenvalue weighted by atomic mass is 10.1. The fourth-order valence-corrected chi connectivity index (χ4v) is 1.93. The van der Waals surface area contributed by atoms with E-state index in [2.05, 4.69) is 10.1 Å². The van der Waals surface area contributed by atoms with Gasteiger partial charge in [-0.25, -0.2) is 18.4 Å². The minimum Gasteiger partial charge on any atom is -0.480 e. The monoisotopic (exact) mass is 310 g/mol. The number of nitrogens with zero attached hydrogens (tertiary/aromatic N) is 1. The molecule has 1 rings (SSSR count). The first-order valence-electron chi connectivity index (χ1n) is 6.71. The number of urea groups is 1. The quantitative estimate of drug-likeness (QED) is 0.639. The van der Waals surface area contributed by atoms with Crippen molar-refractivity contribution in [3.63, 3.8) is 0 Å². The number of hydrogen-bond acceptors (Lipinski definition) is 4. The highest BCUT2D eigenvalue weighted by molar-refractivity contribution is 5.74. The third-order valence-electron chi connectivity index (χ3n) is 2.94. The number of carboxylic acid groups (broad SMARTS) is 1. The third kappa shape index (κ3) is 7.76. The van der Waals surface area contributed by atoms with Gasteiger partial charge in [0.2, 0.25) is 0 Å². The van der Waals surface area contributed by atoms with Crippen LogP contribution in [0.15, 0.2) is 0 Å². The molecular formula is C12H20F2N2O5. The van der Waals surface area contributed by atoms with Crippen LogP contribution in [-0.2, 0) is 14.3 Å². The average molecular weight is 310 g/mol. The number of alkyl halides is 2. The van der Waals surface area contributed by atoms with Crippen LogP contribution in [0.1, 0.15) is 12.8 Å². The van der Waals surface area contributed by atoms with Gasteiger partial charge in [0.05, 0.1) is 12.7 Å². The zero-order chi connectivity index (χ0) is 15.7. The molecule has 0 bridgehead atoms. The zero-order valence-corrected chi connectivity index (χ0v) is 11.6. The van der Waals surface area contributed by atoms with Crippen LogP contribution < -0.4 is 5.32 Å². The molecular weight excluding hydrogens is 290 g/mol. The smallest absolute Gasteiger partial charge is 0.329 e. The first kappa shape index (κ1) is 17.6. The number of carbonyl (C=O) groups is 2. The molecule has 0 radical (unpaired) electrons. The highest BCUT2D eigenvalue weighted by Gasteiger charge is 2.23. The number of piperidine rings is 1. The molecule has 0 atom stereocenters. The molecule has 0 aromatic heterocycles. The molecule has 1 aliphatic rings. The van der Waals surface area contributed by atoms with E-state index in [1.54, 1.807) is 4.90 Å². The number of carbonyl (C=O) groups excluding carboxylic acids is 1. The van der Waals surface area contributed by atoms with Gasteiger partial charge in [0.25, 0.3) is 6.43 Å². The highest BCUT2D eigenvalue weighted by atomic mass is 19.3. The Balaban J connectivity index is 2.10. The largest absolute Gasteiger partial charge is 0.480 e. The second-order valence-corrected chi connectivity index (χ2v) is 4.59. The van der Waals surface area contributed by atoms with Crippen LogP contribution in [0.25, 0.3) is 0 Å². The van der Waals surface area contributed by atoms with Crippen molar-refractivity contribution in [2.75, 3.05) is 39.5 Å². The molecule has 9 heteroatoms. The Labute approximate surface area is 121 Å². The number of aliphatic carboxylic acids is 1. The Bertz CT molecular complexity index is 336. The normalized spacial score (nSPS) is 16.2. The van der Waals surface area contributed by atoms with E-state index in [4.69, 9.17) is 9.84 Å². The molecule has 21 heavy (non-hydrogen) atoms. The lowest BCUT2D eigenvalue weighted by Gasteiger charge is -2.31. The summed E-state index contributed by atoms with van der Waals surface area (Å²) in [5, 5.41) is 11.1. The van der Waals surface area contributed by atoms with E-state index < -0.39 is 19.0 Å². The van der Waals surface area contributed by atoms with E-state index in [0.717, 1.165) is 0 Å². The minimum absolute atomic E-state index is 0.0360. The molecule has 1 saturated heterocycles. The van der Waals surface area contributed by atoms with Crippen molar-refractivity contribution in [2.45, 2.75) is 25.4 Å². The van der Waals surface area contributed by atoms with Gasteiger partial charge in [-0.2, -0.15) is 0 Å². The van der Waals surface area contributed by atoms with Crippen LogP contribution >= 0.6 is 0 Å². The Morgan fingerprint density at radius 2 is 2.00 bits per heavy atom. The van der Waals surface area contributed by atoms with Crippen molar-refractivity contribution in [1.29, 1.82) is 0 Å². The van der Waals surface area contributed by atoms with Gasteiger partial charge in [-0.1, -0.05) is 0 Å². The SMILES string of the molecule is O=C(O)COC1CCN(C(=O)NCCOCC(F)F)CC1. The van der Waals surface area contributed by atoms with Crippen LogP contribution in [0, 0.1) is 0 Å². The Morgan fingerprint density at radius 3 is 2.57 bits per heavy atom. The number of carboxylic acids is 1. The van der Waals surface area contributed by atoms with Gasteiger partial charge < -0.3 is 24.8 Å². The average Bonchev–Trinajstić information content (AvgIpc) is 2.44. The molecule has 1 aliphatic heterocycles. The molecule has 122 valence electrons. The minimum atomic E-state index is -2.51. The number of rotatable bonds is 8. The van der Waals surface area contributed by atoms with Crippen molar-refractivity contribution in [3.8, 4) is 0 Å². The number of nitrogens with one attached hydrogen (secondary N) is 1. The van der Waals surface area contributed by atoms with Gasteiger partial charge in [-0.3, -0.25) is 0 Å². The first-order valence-corrected chi connectivity index (χ1v) is 6.71. The molecule has 0 unspecified atom stereocenters. The van der Waals surface area contributed by atoms with Crippen LogP contribution in [0.5, 0.6) is 0 Å². The van der Waals surface area contributed by atoms with Crippen LogP contribution in [0.4, 0.5) is 13.6 Å². The summed E-state index contributed by atoms with van der Waals surface area (Å²) in [6.07, 6.45) is -1.52. The van der Waals surface area contributed by atoms with Crippen LogP contribution in [-0.4, -0.2) is 74.0 Å². The fourth-order valence-electron chi connectivity index (χ4n) is 1.93. The van der Waals surface area contributed by atoms with E-state index in [-0.39, 0.29) is 31.9 Å². The van der Waals surface area contributed by atoms with Crippen molar-refractivity contribution >= 4 is 12.0 Å². The van der Waals surface area contributed by atoms with Gasteiger partial charge in [-0.15, -0.1) is 0 Å². The van der Waals surface area contributed by atoms with Crippen molar-refractivity contribution < 1.29 is 33.0 Å². The molecule has 1 fully saturated rings. The summed E-state index contributed by atoms with van der Waals surface area (Å²) in [6, 6.07) is -0.285. The van der Waals surface area contributed by atoms with Gasteiger partial charge in [0.15, 0.2) is 0 Å². The predicted molar refractivity (Wildman–Crippen MR) is 68.4 cm³/mol. The zero-order valence-electron chi connectivity index (χ0n) is 11.6. The Morgan fingerprint density at radius 1 is 1.33 bits per heavy atom. The van der Waals surface area contributed by atoms with Gasteiger partial charge in [0, 0.05) is 19.6 Å². The lowest BCUT2D eigenvalue weighted by Crippen LogP contribution is -2.46. The maximum Gasteiger partial charge on any atom is 0.329 e. The Kier molecular flexibility index (Phi) is 7.91. The summed E-state index contributed by atoms with van der Waals surface area (Å²) in [4.78, 5) is 23.7.